The van der Waals surface area contributed by atoms with Crippen LogP contribution in [0.2, 0.25) is 5.02 Å². The Morgan fingerprint density at radius 2 is 1.83 bits per heavy atom. The number of halogens is 1. The van der Waals surface area contributed by atoms with E-state index in [4.69, 9.17) is 33.3 Å². The first-order valence-corrected chi connectivity index (χ1v) is 10.7. The molecule has 0 spiro atoms. The summed E-state index contributed by atoms with van der Waals surface area (Å²) in [6, 6.07) is 17.3. The second-order valence-electron chi connectivity index (χ2n) is 7.73. The Balaban J connectivity index is 1.81. The van der Waals surface area contributed by atoms with Crippen LogP contribution in [0.5, 0.6) is 0 Å². The second kappa shape index (κ2) is 8.58. The monoisotopic (exact) mass is 438 g/mol. The lowest BCUT2D eigenvalue weighted by molar-refractivity contribution is 0.386. The number of hydrogen-bond acceptors (Lipinski definition) is 4. The molecule has 0 amide bonds. The van der Waals surface area contributed by atoms with Gasteiger partial charge in [0.15, 0.2) is 5.11 Å². The van der Waals surface area contributed by atoms with Gasteiger partial charge in [-0.25, -0.2) is 0 Å². The summed E-state index contributed by atoms with van der Waals surface area (Å²) in [6.07, 6.45) is 0. The first kappa shape index (κ1) is 20.6. The Morgan fingerprint density at radius 1 is 1.13 bits per heavy atom. The molecule has 0 fully saturated rings. The average molecular weight is 439 g/mol. The molecule has 1 aliphatic heterocycles. The van der Waals surface area contributed by atoms with Crippen molar-refractivity contribution in [2.24, 2.45) is 5.92 Å². The van der Waals surface area contributed by atoms with Crippen molar-refractivity contribution in [3.8, 4) is 11.4 Å². The predicted molar refractivity (Wildman–Crippen MR) is 124 cm³/mol. The molecule has 154 valence electrons. The fourth-order valence-corrected chi connectivity index (χ4v) is 4.04. The van der Waals surface area contributed by atoms with E-state index >= 15 is 0 Å². The molecule has 30 heavy (non-hydrogen) atoms. The summed E-state index contributed by atoms with van der Waals surface area (Å²) < 4.78 is 5.74. The summed E-state index contributed by atoms with van der Waals surface area (Å²) in [5.74, 6) is 1.48. The molecule has 1 unspecified atom stereocenters. The molecule has 0 saturated heterocycles. The molecule has 7 heteroatoms. The van der Waals surface area contributed by atoms with E-state index < -0.39 is 0 Å². The third kappa shape index (κ3) is 4.11. The zero-order valence-electron chi connectivity index (χ0n) is 17.1. The molecule has 1 atom stereocenters. The Kier molecular flexibility index (Phi) is 5.88. The number of nitrogens with zero attached hydrogens (tertiary/aromatic N) is 3. The maximum atomic E-state index is 6.11. The van der Waals surface area contributed by atoms with E-state index in [1.165, 1.54) is 0 Å². The minimum Gasteiger partial charge on any atom is -0.351 e. The van der Waals surface area contributed by atoms with Crippen LogP contribution in [0.25, 0.3) is 17.0 Å². The highest BCUT2D eigenvalue weighted by Gasteiger charge is 2.34. The van der Waals surface area contributed by atoms with Gasteiger partial charge in [-0.05, 0) is 42.8 Å². The molecule has 4 rings (SSSR count). The van der Waals surface area contributed by atoms with Gasteiger partial charge in [0.25, 0.3) is 5.89 Å². The Morgan fingerprint density at radius 3 is 2.50 bits per heavy atom. The van der Waals surface area contributed by atoms with Crippen LogP contribution < -0.4 is 5.32 Å². The number of thiocarbonyl (C=S) groups is 1. The lowest BCUT2D eigenvalue weighted by atomic mass is 9.94. The van der Waals surface area contributed by atoms with E-state index in [9.17, 15) is 0 Å². The van der Waals surface area contributed by atoms with Crippen molar-refractivity contribution >= 4 is 34.5 Å². The summed E-state index contributed by atoms with van der Waals surface area (Å²) in [5, 5.41) is 9.06. The number of benzene rings is 2. The largest absolute Gasteiger partial charge is 0.351 e. The number of allylic oxidation sites excluding steroid dienone is 1. The summed E-state index contributed by atoms with van der Waals surface area (Å²) in [4.78, 5) is 6.82. The summed E-state index contributed by atoms with van der Waals surface area (Å²) in [6.45, 7) is 7.19. The van der Waals surface area contributed by atoms with Crippen molar-refractivity contribution in [2.75, 3.05) is 6.54 Å². The molecular formula is C23H23ClN4OS. The van der Waals surface area contributed by atoms with Gasteiger partial charge in [0.2, 0.25) is 5.82 Å². The van der Waals surface area contributed by atoms with Gasteiger partial charge in [0.05, 0.1) is 11.6 Å². The highest BCUT2D eigenvalue weighted by atomic mass is 35.5. The van der Waals surface area contributed by atoms with Crippen LogP contribution in [0.4, 0.5) is 0 Å². The Labute approximate surface area is 186 Å². The van der Waals surface area contributed by atoms with E-state index in [1.54, 1.807) is 0 Å². The zero-order chi connectivity index (χ0) is 21.3. The minimum atomic E-state index is -0.206. The van der Waals surface area contributed by atoms with Crippen molar-refractivity contribution in [3.63, 3.8) is 0 Å². The van der Waals surface area contributed by atoms with E-state index in [2.05, 4.69) is 36.1 Å². The summed E-state index contributed by atoms with van der Waals surface area (Å²) >= 11 is 11.8. The van der Waals surface area contributed by atoms with E-state index in [1.807, 2.05) is 54.6 Å². The molecule has 0 saturated carbocycles. The van der Waals surface area contributed by atoms with Crippen molar-refractivity contribution in [2.45, 2.75) is 26.8 Å². The number of rotatable bonds is 5. The fraction of sp³-hybridized carbons (Fsp3) is 0.261. The van der Waals surface area contributed by atoms with Gasteiger partial charge in [0, 0.05) is 22.8 Å². The highest BCUT2D eigenvalue weighted by molar-refractivity contribution is 7.80. The Bertz CT molecular complexity index is 1080. The van der Waals surface area contributed by atoms with Crippen LogP contribution in [0.15, 0.2) is 64.8 Å². The summed E-state index contributed by atoms with van der Waals surface area (Å²) in [5.41, 5.74) is 3.86. The van der Waals surface area contributed by atoms with Gasteiger partial charge in [-0.2, -0.15) is 4.98 Å². The van der Waals surface area contributed by atoms with Crippen LogP contribution in [0.1, 0.15) is 38.3 Å². The molecule has 1 aliphatic rings. The molecular weight excluding hydrogens is 416 g/mol. The van der Waals surface area contributed by atoms with E-state index in [0.717, 1.165) is 28.9 Å². The number of nitrogens with one attached hydrogen (secondary N) is 1. The zero-order valence-corrected chi connectivity index (χ0v) is 18.7. The van der Waals surface area contributed by atoms with Gasteiger partial charge in [0.1, 0.15) is 0 Å². The topological polar surface area (TPSA) is 54.2 Å². The van der Waals surface area contributed by atoms with Gasteiger partial charge in [-0.3, -0.25) is 0 Å². The summed E-state index contributed by atoms with van der Waals surface area (Å²) in [7, 11) is 0. The van der Waals surface area contributed by atoms with Gasteiger partial charge in [-0.15, -0.1) is 0 Å². The van der Waals surface area contributed by atoms with Gasteiger partial charge < -0.3 is 14.7 Å². The first-order valence-electron chi connectivity index (χ1n) is 9.88. The molecule has 1 aromatic heterocycles. The first-order chi connectivity index (χ1) is 14.4. The van der Waals surface area contributed by atoms with E-state index in [0.29, 0.717) is 27.8 Å². The van der Waals surface area contributed by atoms with Crippen LogP contribution in [0, 0.1) is 5.92 Å². The van der Waals surface area contributed by atoms with E-state index in [-0.39, 0.29) is 6.04 Å². The molecule has 0 radical (unpaired) electrons. The van der Waals surface area contributed by atoms with Crippen molar-refractivity contribution in [3.05, 3.63) is 76.8 Å². The van der Waals surface area contributed by atoms with Crippen molar-refractivity contribution in [1.29, 1.82) is 0 Å². The molecule has 5 nitrogen and oxygen atoms in total. The predicted octanol–water partition coefficient (Wildman–Crippen LogP) is 5.71. The molecule has 0 aliphatic carbocycles. The maximum Gasteiger partial charge on any atom is 0.258 e. The van der Waals surface area contributed by atoms with Crippen molar-refractivity contribution < 1.29 is 4.52 Å². The van der Waals surface area contributed by atoms with Gasteiger partial charge >= 0.3 is 0 Å². The molecule has 3 aromatic rings. The molecule has 1 N–H and O–H groups in total. The van der Waals surface area contributed by atoms with Crippen molar-refractivity contribution in [1.82, 2.24) is 20.4 Å². The normalized spacial score (nSPS) is 16.9. The fourth-order valence-electron chi connectivity index (χ4n) is 3.59. The third-order valence-corrected chi connectivity index (χ3v) is 5.63. The lowest BCUT2D eigenvalue weighted by Crippen LogP contribution is -2.47. The molecule has 0 bridgehead atoms. The third-order valence-electron chi connectivity index (χ3n) is 5.04. The standard InChI is InChI=1S/C23H23ClN4OS/c1-14(2)13-28-15(3)19(20(25-23(28)30)16-9-11-18(24)12-10-16)22-26-21(27-29-22)17-7-5-4-6-8-17/h4-12,14,20H,13H2,1-3H3,(H,25,30). The lowest BCUT2D eigenvalue weighted by Gasteiger charge is -2.38. The van der Waals surface area contributed by atoms with Crippen LogP contribution >= 0.6 is 23.8 Å². The smallest absolute Gasteiger partial charge is 0.258 e. The SMILES string of the molecule is CC1=C(c2nc(-c3ccccc3)no2)C(c2ccc(Cl)cc2)NC(=S)N1CC(C)C. The second-order valence-corrected chi connectivity index (χ2v) is 8.55. The van der Waals surface area contributed by atoms with Crippen LogP contribution in [0.3, 0.4) is 0 Å². The highest BCUT2D eigenvalue weighted by Crippen LogP contribution is 2.37. The van der Waals surface area contributed by atoms with Crippen LogP contribution in [-0.2, 0) is 0 Å². The van der Waals surface area contributed by atoms with Crippen LogP contribution in [-0.4, -0.2) is 26.7 Å². The number of hydrogen-bond donors (Lipinski definition) is 1. The Hall–Kier alpha value is -2.70. The quantitative estimate of drug-likeness (QED) is 0.515. The molecule has 2 heterocycles. The minimum absolute atomic E-state index is 0.206. The average Bonchev–Trinajstić information content (AvgIpc) is 3.21. The number of aromatic nitrogens is 2. The van der Waals surface area contributed by atoms with Gasteiger partial charge in [-0.1, -0.05) is 73.1 Å². The molecule has 2 aromatic carbocycles. The maximum absolute atomic E-state index is 6.11.